The number of aromatic nitrogens is 3. The van der Waals surface area contributed by atoms with Gasteiger partial charge in [0.2, 0.25) is 5.91 Å². The van der Waals surface area contributed by atoms with Crippen molar-refractivity contribution in [1.29, 1.82) is 0 Å². The van der Waals surface area contributed by atoms with Crippen LogP contribution in [0.5, 0.6) is 0 Å². The Bertz CT molecular complexity index is 997. The van der Waals surface area contributed by atoms with E-state index >= 15 is 0 Å². The molecule has 0 unspecified atom stereocenters. The number of pyridine rings is 1. The number of halogens is 2. The molecule has 0 bridgehead atoms. The lowest BCUT2D eigenvalue weighted by atomic mass is 9.77. The summed E-state index contributed by atoms with van der Waals surface area (Å²) in [5, 5.41) is 7.26. The van der Waals surface area contributed by atoms with Crippen LogP contribution >= 0.6 is 0 Å². The van der Waals surface area contributed by atoms with E-state index < -0.39 is 17.0 Å². The van der Waals surface area contributed by atoms with E-state index in [2.05, 4.69) is 15.4 Å². The average molecular weight is 396 g/mol. The van der Waals surface area contributed by atoms with E-state index in [4.69, 9.17) is 0 Å². The number of rotatable bonds is 6. The molecular weight excluding hydrogens is 374 g/mol. The highest BCUT2D eigenvalue weighted by molar-refractivity contribution is 5.98. The van der Waals surface area contributed by atoms with E-state index in [0.717, 1.165) is 30.9 Å². The fraction of sp³-hybridized carbons (Fsp3) is 0.318. The van der Waals surface area contributed by atoms with Crippen LogP contribution in [0.2, 0.25) is 0 Å². The highest BCUT2D eigenvalue weighted by Crippen LogP contribution is 2.43. The standard InChI is InChI=1S/C22H22F2N4O/c23-17-3-4-18(19(24)15-17)22(9-1-2-10-22)21(29)26-20-8-14-28(27-20)13-7-16-5-11-25-12-6-16/h3-6,8,11-12,14-15H,1-2,7,9-10,13H2,(H,26,27,29). The fourth-order valence-corrected chi connectivity index (χ4v) is 4.06. The molecule has 2 heterocycles. The second-order valence-electron chi connectivity index (χ2n) is 7.44. The number of carbonyl (C=O) groups is 1. The Morgan fingerprint density at radius 3 is 2.59 bits per heavy atom. The van der Waals surface area contributed by atoms with Crippen LogP contribution in [0.25, 0.3) is 0 Å². The highest BCUT2D eigenvalue weighted by atomic mass is 19.1. The van der Waals surface area contributed by atoms with Crippen molar-refractivity contribution in [1.82, 2.24) is 14.8 Å². The Hall–Kier alpha value is -3.09. The zero-order valence-electron chi connectivity index (χ0n) is 15.9. The summed E-state index contributed by atoms with van der Waals surface area (Å²) in [6.07, 6.45) is 8.81. The maximum absolute atomic E-state index is 14.5. The monoisotopic (exact) mass is 396 g/mol. The summed E-state index contributed by atoms with van der Waals surface area (Å²) in [6, 6.07) is 9.08. The minimum atomic E-state index is -0.987. The molecule has 2 aromatic heterocycles. The number of nitrogens with one attached hydrogen (secondary N) is 1. The number of nitrogens with zero attached hydrogens (tertiary/aromatic N) is 3. The van der Waals surface area contributed by atoms with Gasteiger partial charge in [-0.25, -0.2) is 8.78 Å². The van der Waals surface area contributed by atoms with Gasteiger partial charge in [0, 0.05) is 42.8 Å². The van der Waals surface area contributed by atoms with Crippen molar-refractivity contribution in [2.24, 2.45) is 0 Å². The Kier molecular flexibility index (Phi) is 5.38. The average Bonchev–Trinajstić information content (AvgIpc) is 3.37. The molecule has 150 valence electrons. The quantitative estimate of drug-likeness (QED) is 0.678. The van der Waals surface area contributed by atoms with Crippen LogP contribution in [-0.4, -0.2) is 20.7 Å². The lowest BCUT2D eigenvalue weighted by Gasteiger charge is -2.28. The first kappa shape index (κ1) is 19.2. The summed E-state index contributed by atoms with van der Waals surface area (Å²) in [7, 11) is 0. The summed E-state index contributed by atoms with van der Waals surface area (Å²) in [5.74, 6) is -1.18. The summed E-state index contributed by atoms with van der Waals surface area (Å²) in [6.45, 7) is 0.664. The largest absolute Gasteiger partial charge is 0.308 e. The van der Waals surface area contributed by atoms with Crippen LogP contribution in [-0.2, 0) is 23.2 Å². The highest BCUT2D eigenvalue weighted by Gasteiger charge is 2.44. The van der Waals surface area contributed by atoms with Crippen molar-refractivity contribution in [3.8, 4) is 0 Å². The molecule has 7 heteroatoms. The first-order valence-corrected chi connectivity index (χ1v) is 9.76. The number of amides is 1. The first-order chi connectivity index (χ1) is 14.1. The number of hydrogen-bond donors (Lipinski definition) is 1. The second-order valence-corrected chi connectivity index (χ2v) is 7.44. The molecule has 1 aliphatic carbocycles. The molecule has 1 aromatic carbocycles. The van der Waals surface area contributed by atoms with Crippen molar-refractivity contribution >= 4 is 11.7 Å². The SMILES string of the molecule is O=C(Nc1ccn(CCc2ccncc2)n1)C1(c2ccc(F)cc2F)CCCC1. The molecule has 0 atom stereocenters. The van der Waals surface area contributed by atoms with Crippen molar-refractivity contribution in [3.63, 3.8) is 0 Å². The minimum Gasteiger partial charge on any atom is -0.308 e. The smallest absolute Gasteiger partial charge is 0.236 e. The Balaban J connectivity index is 1.48. The molecule has 0 spiro atoms. The third kappa shape index (κ3) is 4.04. The van der Waals surface area contributed by atoms with Gasteiger partial charge in [-0.1, -0.05) is 18.9 Å². The molecule has 1 amide bonds. The fourth-order valence-electron chi connectivity index (χ4n) is 4.06. The molecule has 1 aliphatic rings. The lowest BCUT2D eigenvalue weighted by molar-refractivity contribution is -0.121. The molecular formula is C22H22F2N4O. The molecule has 4 rings (SSSR count). The molecule has 1 fully saturated rings. The molecule has 5 nitrogen and oxygen atoms in total. The maximum atomic E-state index is 14.5. The van der Waals surface area contributed by atoms with Crippen LogP contribution in [0.15, 0.2) is 55.0 Å². The van der Waals surface area contributed by atoms with E-state index in [1.807, 2.05) is 12.1 Å². The molecule has 0 radical (unpaired) electrons. The third-order valence-corrected chi connectivity index (χ3v) is 5.60. The molecule has 1 N–H and O–H groups in total. The molecule has 3 aromatic rings. The van der Waals surface area contributed by atoms with Gasteiger partial charge in [0.1, 0.15) is 11.6 Å². The van der Waals surface area contributed by atoms with Crippen molar-refractivity contribution < 1.29 is 13.6 Å². The van der Waals surface area contributed by atoms with Gasteiger partial charge in [-0.15, -0.1) is 0 Å². The van der Waals surface area contributed by atoms with Crippen LogP contribution in [0, 0.1) is 11.6 Å². The van der Waals surface area contributed by atoms with Gasteiger partial charge in [-0.05, 0) is 43.0 Å². The maximum Gasteiger partial charge on any atom is 0.236 e. The van der Waals surface area contributed by atoms with Crippen molar-refractivity contribution in [2.75, 3.05) is 5.32 Å². The van der Waals surface area contributed by atoms with Gasteiger partial charge in [0.05, 0.1) is 5.41 Å². The second kappa shape index (κ2) is 8.11. The van der Waals surface area contributed by atoms with Gasteiger partial charge in [-0.3, -0.25) is 14.5 Å². The zero-order chi connectivity index (χ0) is 20.3. The van der Waals surface area contributed by atoms with Gasteiger partial charge in [-0.2, -0.15) is 5.10 Å². The van der Waals surface area contributed by atoms with Crippen molar-refractivity contribution in [2.45, 2.75) is 44.1 Å². The summed E-state index contributed by atoms with van der Waals surface area (Å²) < 4.78 is 29.6. The lowest BCUT2D eigenvalue weighted by Crippen LogP contribution is -2.39. The van der Waals surface area contributed by atoms with Gasteiger partial charge < -0.3 is 5.32 Å². The third-order valence-electron chi connectivity index (χ3n) is 5.60. The van der Waals surface area contributed by atoms with Gasteiger partial charge in [0.25, 0.3) is 0 Å². The molecule has 29 heavy (non-hydrogen) atoms. The van der Waals surface area contributed by atoms with E-state index in [-0.39, 0.29) is 11.5 Å². The predicted molar refractivity (Wildman–Crippen MR) is 105 cm³/mol. The molecule has 0 saturated heterocycles. The topological polar surface area (TPSA) is 59.8 Å². The first-order valence-electron chi connectivity index (χ1n) is 9.76. The number of aryl methyl sites for hydroxylation is 2. The number of anilines is 1. The molecule has 0 aliphatic heterocycles. The number of hydrogen-bond acceptors (Lipinski definition) is 3. The normalized spacial score (nSPS) is 15.4. The summed E-state index contributed by atoms with van der Waals surface area (Å²) in [4.78, 5) is 17.1. The predicted octanol–water partition coefficient (Wildman–Crippen LogP) is 4.25. The summed E-state index contributed by atoms with van der Waals surface area (Å²) in [5.41, 5.74) is 0.419. The van der Waals surface area contributed by atoms with Crippen LogP contribution in [0.1, 0.15) is 36.8 Å². The number of benzene rings is 1. The summed E-state index contributed by atoms with van der Waals surface area (Å²) >= 11 is 0. The van der Waals surface area contributed by atoms with E-state index in [9.17, 15) is 13.6 Å². The van der Waals surface area contributed by atoms with Crippen molar-refractivity contribution in [3.05, 3.63) is 77.8 Å². The Labute approximate surface area is 167 Å². The van der Waals surface area contributed by atoms with Crippen LogP contribution in [0.4, 0.5) is 14.6 Å². The van der Waals surface area contributed by atoms with E-state index in [0.29, 0.717) is 25.2 Å². The Morgan fingerprint density at radius 2 is 1.86 bits per heavy atom. The van der Waals surface area contributed by atoms with Crippen LogP contribution < -0.4 is 5.32 Å². The van der Waals surface area contributed by atoms with E-state index in [1.54, 1.807) is 29.3 Å². The molecule has 1 saturated carbocycles. The number of carbonyl (C=O) groups excluding carboxylic acids is 1. The van der Waals surface area contributed by atoms with E-state index in [1.165, 1.54) is 12.1 Å². The van der Waals surface area contributed by atoms with Crippen LogP contribution in [0.3, 0.4) is 0 Å². The zero-order valence-corrected chi connectivity index (χ0v) is 15.9. The Morgan fingerprint density at radius 1 is 1.10 bits per heavy atom. The minimum absolute atomic E-state index is 0.256. The van der Waals surface area contributed by atoms with Gasteiger partial charge in [0.15, 0.2) is 5.82 Å². The van der Waals surface area contributed by atoms with Gasteiger partial charge >= 0.3 is 0 Å².